The van der Waals surface area contributed by atoms with Crippen LogP contribution in [-0.4, -0.2) is 48.9 Å². The smallest absolute Gasteiger partial charge is 0.254 e. The van der Waals surface area contributed by atoms with E-state index in [0.29, 0.717) is 5.56 Å². The Morgan fingerprint density at radius 2 is 2.00 bits per heavy atom. The number of benzene rings is 1. The summed E-state index contributed by atoms with van der Waals surface area (Å²) in [7, 11) is 1.87. The minimum Gasteiger partial charge on any atom is -0.340 e. The van der Waals surface area contributed by atoms with Crippen molar-refractivity contribution in [3.63, 3.8) is 0 Å². The predicted molar refractivity (Wildman–Crippen MR) is 84.5 cm³/mol. The fourth-order valence-corrected chi connectivity index (χ4v) is 3.04. The van der Waals surface area contributed by atoms with Crippen LogP contribution in [0.3, 0.4) is 0 Å². The highest BCUT2D eigenvalue weighted by Crippen LogP contribution is 2.22. The van der Waals surface area contributed by atoms with Gasteiger partial charge in [0.05, 0.1) is 5.56 Å². The van der Waals surface area contributed by atoms with Gasteiger partial charge < -0.3 is 9.80 Å². The Hall–Kier alpha value is -0.390. The van der Waals surface area contributed by atoms with Gasteiger partial charge in [0.15, 0.2) is 0 Å². The molecule has 2 rings (SSSR count). The fraction of sp³-hybridized carbons (Fsp3) is 0.500. The Morgan fingerprint density at radius 1 is 1.32 bits per heavy atom. The van der Waals surface area contributed by atoms with Gasteiger partial charge in [0.1, 0.15) is 0 Å². The van der Waals surface area contributed by atoms with Crippen molar-refractivity contribution in [2.45, 2.75) is 12.8 Å². The minimum atomic E-state index is 0.0624. The molecular weight excluding hydrogens is 372 g/mol. The van der Waals surface area contributed by atoms with Gasteiger partial charge in [-0.15, -0.1) is 0 Å². The number of halogens is 2. The van der Waals surface area contributed by atoms with Gasteiger partial charge in [-0.25, -0.2) is 0 Å². The molecule has 0 radical (unpaired) electrons. The van der Waals surface area contributed by atoms with Crippen molar-refractivity contribution in [3.05, 3.63) is 32.7 Å². The Balaban J connectivity index is 1.95. The molecule has 1 aliphatic rings. The first-order valence-corrected chi connectivity index (χ1v) is 8.09. The van der Waals surface area contributed by atoms with Gasteiger partial charge in [-0.05, 0) is 60.1 Å². The molecule has 1 fully saturated rings. The maximum atomic E-state index is 12.4. The van der Waals surface area contributed by atoms with Crippen molar-refractivity contribution in [2.24, 2.45) is 0 Å². The third-order valence-electron chi connectivity index (χ3n) is 3.46. The van der Waals surface area contributed by atoms with Crippen LogP contribution in [0.5, 0.6) is 0 Å². The summed E-state index contributed by atoms with van der Waals surface area (Å²) in [5.41, 5.74) is 0.707. The first-order valence-electron chi connectivity index (χ1n) is 6.51. The average molecular weight is 390 g/mol. The normalized spacial score (nSPS) is 15.7. The van der Waals surface area contributed by atoms with E-state index in [4.69, 9.17) is 0 Å². The molecular formula is C14H18Br2N2O. The van der Waals surface area contributed by atoms with E-state index in [9.17, 15) is 4.79 Å². The van der Waals surface area contributed by atoms with Crippen molar-refractivity contribution in [1.82, 2.24) is 9.80 Å². The van der Waals surface area contributed by atoms with Crippen LogP contribution >= 0.6 is 31.9 Å². The first kappa shape index (κ1) is 15.0. The summed E-state index contributed by atoms with van der Waals surface area (Å²) in [4.78, 5) is 16.6. The molecule has 1 aromatic rings. The van der Waals surface area contributed by atoms with Crippen LogP contribution in [-0.2, 0) is 0 Å². The Kier molecular flexibility index (Phi) is 5.42. The van der Waals surface area contributed by atoms with Crippen molar-refractivity contribution in [3.8, 4) is 0 Å². The summed E-state index contributed by atoms with van der Waals surface area (Å²) in [6.45, 7) is 4.08. The van der Waals surface area contributed by atoms with Crippen LogP contribution < -0.4 is 0 Å². The molecule has 1 heterocycles. The molecule has 5 heteroatoms. The third-order valence-corrected chi connectivity index (χ3v) is 4.64. The zero-order valence-electron chi connectivity index (χ0n) is 11.0. The average Bonchev–Trinajstić information content (AvgIpc) is 2.91. The lowest BCUT2D eigenvalue weighted by Gasteiger charge is -2.22. The second-order valence-electron chi connectivity index (χ2n) is 4.90. The number of hydrogen-bond donors (Lipinski definition) is 0. The van der Waals surface area contributed by atoms with Crippen LogP contribution in [0.2, 0.25) is 0 Å². The van der Waals surface area contributed by atoms with Crippen LogP contribution in [0.25, 0.3) is 0 Å². The van der Waals surface area contributed by atoms with Crippen LogP contribution in [0.15, 0.2) is 27.1 Å². The number of rotatable bonds is 4. The highest BCUT2D eigenvalue weighted by molar-refractivity contribution is 9.11. The van der Waals surface area contributed by atoms with Crippen LogP contribution in [0.4, 0.5) is 0 Å². The molecule has 19 heavy (non-hydrogen) atoms. The van der Waals surface area contributed by atoms with Gasteiger partial charge in [-0.2, -0.15) is 0 Å². The molecule has 104 valence electrons. The molecule has 0 spiro atoms. The van der Waals surface area contributed by atoms with Gasteiger partial charge in [0.25, 0.3) is 5.91 Å². The van der Waals surface area contributed by atoms with Gasteiger partial charge in [0.2, 0.25) is 0 Å². The summed E-state index contributed by atoms with van der Waals surface area (Å²) in [5, 5.41) is 0. The SMILES string of the molecule is CN(CCN1CCCC1)C(=O)c1cc(Br)ccc1Br. The van der Waals surface area contributed by atoms with Crippen LogP contribution in [0, 0.1) is 0 Å². The number of likely N-dealkylation sites (tertiary alicyclic amines) is 1. The fourth-order valence-electron chi connectivity index (χ4n) is 2.27. The van der Waals surface area contributed by atoms with Gasteiger partial charge in [0, 0.05) is 29.1 Å². The number of amides is 1. The topological polar surface area (TPSA) is 23.6 Å². The maximum Gasteiger partial charge on any atom is 0.254 e. The molecule has 0 unspecified atom stereocenters. The number of likely N-dealkylation sites (N-methyl/N-ethyl adjacent to an activating group) is 1. The lowest BCUT2D eigenvalue weighted by atomic mass is 10.2. The molecule has 0 aromatic heterocycles. The van der Waals surface area contributed by atoms with Crippen molar-refractivity contribution in [1.29, 1.82) is 0 Å². The monoisotopic (exact) mass is 388 g/mol. The molecule has 3 nitrogen and oxygen atoms in total. The first-order chi connectivity index (χ1) is 9.08. The van der Waals surface area contributed by atoms with Crippen molar-refractivity contribution >= 4 is 37.8 Å². The lowest BCUT2D eigenvalue weighted by Crippen LogP contribution is -2.35. The van der Waals surface area contributed by atoms with E-state index in [-0.39, 0.29) is 5.91 Å². The second kappa shape index (κ2) is 6.86. The Labute approximate surface area is 131 Å². The second-order valence-corrected chi connectivity index (χ2v) is 6.67. The number of hydrogen-bond acceptors (Lipinski definition) is 2. The van der Waals surface area contributed by atoms with E-state index in [1.165, 1.54) is 25.9 Å². The summed E-state index contributed by atoms with van der Waals surface area (Å²) < 4.78 is 1.76. The van der Waals surface area contributed by atoms with Gasteiger partial charge >= 0.3 is 0 Å². The molecule has 1 amide bonds. The van der Waals surface area contributed by atoms with E-state index in [2.05, 4.69) is 36.8 Å². The van der Waals surface area contributed by atoms with Gasteiger partial charge in [-0.3, -0.25) is 4.79 Å². The molecule has 0 atom stereocenters. The van der Waals surface area contributed by atoms with Crippen LogP contribution in [0.1, 0.15) is 23.2 Å². The highest BCUT2D eigenvalue weighted by Gasteiger charge is 2.17. The largest absolute Gasteiger partial charge is 0.340 e. The molecule has 1 saturated heterocycles. The summed E-state index contributed by atoms with van der Waals surface area (Å²) >= 11 is 6.84. The maximum absolute atomic E-state index is 12.4. The Morgan fingerprint density at radius 3 is 2.68 bits per heavy atom. The number of nitrogens with zero attached hydrogens (tertiary/aromatic N) is 2. The highest BCUT2D eigenvalue weighted by atomic mass is 79.9. The summed E-state index contributed by atoms with van der Waals surface area (Å²) in [6, 6.07) is 5.68. The summed E-state index contributed by atoms with van der Waals surface area (Å²) in [6.07, 6.45) is 2.57. The van der Waals surface area contributed by atoms with E-state index in [1.807, 2.05) is 25.2 Å². The number of carbonyl (C=O) groups excluding carboxylic acids is 1. The van der Waals surface area contributed by atoms with E-state index < -0.39 is 0 Å². The third kappa shape index (κ3) is 4.04. The molecule has 1 aliphatic heterocycles. The van der Waals surface area contributed by atoms with E-state index in [1.54, 1.807) is 4.90 Å². The zero-order valence-corrected chi connectivity index (χ0v) is 14.2. The standard InChI is InChI=1S/C14H18Br2N2O/c1-17(8-9-18-6-2-3-7-18)14(19)12-10-11(15)4-5-13(12)16/h4-5,10H,2-3,6-9H2,1H3. The van der Waals surface area contributed by atoms with Crippen molar-refractivity contribution < 1.29 is 4.79 Å². The molecule has 1 aromatic carbocycles. The van der Waals surface area contributed by atoms with E-state index >= 15 is 0 Å². The number of carbonyl (C=O) groups is 1. The molecule has 0 N–H and O–H groups in total. The van der Waals surface area contributed by atoms with Crippen molar-refractivity contribution in [2.75, 3.05) is 33.2 Å². The quantitative estimate of drug-likeness (QED) is 0.787. The lowest BCUT2D eigenvalue weighted by molar-refractivity contribution is 0.0781. The van der Waals surface area contributed by atoms with E-state index in [0.717, 1.165) is 22.0 Å². The van der Waals surface area contributed by atoms with Gasteiger partial charge in [-0.1, -0.05) is 15.9 Å². The summed E-state index contributed by atoms with van der Waals surface area (Å²) in [5.74, 6) is 0.0624. The minimum absolute atomic E-state index is 0.0624. The molecule has 0 bridgehead atoms. The predicted octanol–water partition coefficient (Wildman–Crippen LogP) is 3.38. The molecule has 0 aliphatic carbocycles. The molecule has 0 saturated carbocycles. The Bertz CT molecular complexity index is 459. The zero-order chi connectivity index (χ0) is 13.8.